The Balaban J connectivity index is 1.83. The highest BCUT2D eigenvalue weighted by Crippen LogP contribution is 2.29. The molecule has 0 aromatic rings. The van der Waals surface area contributed by atoms with E-state index in [1.54, 1.807) is 0 Å². The zero-order chi connectivity index (χ0) is 13.1. The van der Waals surface area contributed by atoms with Gasteiger partial charge >= 0.3 is 0 Å². The van der Waals surface area contributed by atoms with E-state index < -0.39 is 0 Å². The van der Waals surface area contributed by atoms with Gasteiger partial charge in [-0.15, -0.1) is 0 Å². The molecule has 2 saturated carbocycles. The van der Waals surface area contributed by atoms with Gasteiger partial charge in [0.15, 0.2) is 0 Å². The number of hydrogen-bond donors (Lipinski definition) is 1. The summed E-state index contributed by atoms with van der Waals surface area (Å²) in [5, 5.41) is 0. The van der Waals surface area contributed by atoms with Crippen LogP contribution in [0.15, 0.2) is 0 Å². The largest absolute Gasteiger partial charge is 0.393 e. The molecule has 18 heavy (non-hydrogen) atoms. The lowest BCUT2D eigenvalue weighted by atomic mass is 10.3. The fourth-order valence-electron chi connectivity index (χ4n) is 2.37. The van der Waals surface area contributed by atoms with Crippen LogP contribution < -0.4 is 5.73 Å². The van der Waals surface area contributed by atoms with E-state index in [2.05, 4.69) is 11.8 Å². The summed E-state index contributed by atoms with van der Waals surface area (Å²) in [4.78, 5) is 17.1. The van der Waals surface area contributed by atoms with E-state index in [4.69, 9.17) is 18.0 Å². The van der Waals surface area contributed by atoms with Crippen molar-refractivity contribution in [2.45, 2.75) is 51.1 Å². The maximum Gasteiger partial charge on any atom is 0.236 e. The first-order valence-electron chi connectivity index (χ1n) is 6.93. The van der Waals surface area contributed by atoms with Crippen LogP contribution in [-0.2, 0) is 4.79 Å². The molecule has 2 N–H and O–H groups in total. The molecule has 2 rings (SSSR count). The minimum Gasteiger partial charge on any atom is -0.393 e. The van der Waals surface area contributed by atoms with Gasteiger partial charge in [0.2, 0.25) is 5.91 Å². The van der Waals surface area contributed by atoms with E-state index in [1.165, 1.54) is 25.7 Å². The third kappa shape index (κ3) is 3.92. The predicted molar refractivity (Wildman–Crippen MR) is 76.4 cm³/mol. The number of thiocarbonyl (C=S) groups is 1. The normalized spacial score (nSPS) is 19.0. The molecular formula is C13H23N3OS. The first-order chi connectivity index (χ1) is 8.61. The summed E-state index contributed by atoms with van der Waals surface area (Å²) in [5.74, 6) is 0.273. The van der Waals surface area contributed by atoms with Gasteiger partial charge in [-0.25, -0.2) is 0 Å². The zero-order valence-corrected chi connectivity index (χ0v) is 11.9. The van der Waals surface area contributed by atoms with E-state index in [-0.39, 0.29) is 5.91 Å². The molecule has 0 atom stereocenters. The average Bonchev–Trinajstić information content (AvgIpc) is 3.15. The van der Waals surface area contributed by atoms with Crippen molar-refractivity contribution in [2.24, 2.45) is 5.73 Å². The molecule has 0 aromatic carbocycles. The van der Waals surface area contributed by atoms with E-state index >= 15 is 0 Å². The summed E-state index contributed by atoms with van der Waals surface area (Å²) in [6, 6.07) is 1.10. The van der Waals surface area contributed by atoms with Gasteiger partial charge in [-0.2, -0.15) is 0 Å². The van der Waals surface area contributed by atoms with Gasteiger partial charge in [-0.3, -0.25) is 9.69 Å². The third-order valence-corrected chi connectivity index (χ3v) is 3.90. The van der Waals surface area contributed by atoms with Crippen LogP contribution in [0.2, 0.25) is 0 Å². The van der Waals surface area contributed by atoms with Gasteiger partial charge in [0, 0.05) is 31.6 Å². The first kappa shape index (κ1) is 13.7. The van der Waals surface area contributed by atoms with Crippen molar-refractivity contribution >= 4 is 23.1 Å². The third-order valence-electron chi connectivity index (χ3n) is 3.70. The summed E-state index contributed by atoms with van der Waals surface area (Å²) in [5.41, 5.74) is 5.55. The van der Waals surface area contributed by atoms with Crippen molar-refractivity contribution in [3.05, 3.63) is 0 Å². The molecule has 2 fully saturated rings. The maximum atomic E-state index is 12.3. The SMILES string of the molecule is CCN(C(=O)CN(CCC(N)=S)C1CC1)C1CC1. The van der Waals surface area contributed by atoms with Crippen LogP contribution >= 0.6 is 12.2 Å². The standard InChI is InChI=1S/C13H23N3OS/c1-2-16(11-5-6-11)13(17)9-15(10-3-4-10)8-7-12(14)18/h10-11H,2-9H2,1H3,(H2,14,18). The Morgan fingerprint density at radius 2 is 1.89 bits per heavy atom. The molecular weight excluding hydrogens is 246 g/mol. The fraction of sp³-hybridized carbons (Fsp3) is 0.846. The second-order valence-electron chi connectivity index (χ2n) is 5.33. The molecule has 2 aliphatic rings. The second kappa shape index (κ2) is 5.97. The summed E-state index contributed by atoms with van der Waals surface area (Å²) >= 11 is 4.92. The molecule has 0 saturated heterocycles. The number of rotatable bonds is 8. The van der Waals surface area contributed by atoms with Crippen LogP contribution in [-0.4, -0.2) is 52.4 Å². The molecule has 2 aliphatic carbocycles. The highest BCUT2D eigenvalue weighted by atomic mass is 32.1. The smallest absolute Gasteiger partial charge is 0.236 e. The zero-order valence-electron chi connectivity index (χ0n) is 11.1. The molecule has 5 heteroatoms. The summed E-state index contributed by atoms with van der Waals surface area (Å²) in [7, 11) is 0. The summed E-state index contributed by atoms with van der Waals surface area (Å²) < 4.78 is 0. The number of nitrogens with two attached hydrogens (primary N) is 1. The Labute approximate surface area is 114 Å². The van der Waals surface area contributed by atoms with Gasteiger partial charge in [0.25, 0.3) is 0 Å². The lowest BCUT2D eigenvalue weighted by molar-refractivity contribution is -0.132. The Kier molecular flexibility index (Phi) is 4.56. The van der Waals surface area contributed by atoms with Crippen molar-refractivity contribution in [1.82, 2.24) is 9.80 Å². The molecule has 0 aliphatic heterocycles. The topological polar surface area (TPSA) is 49.6 Å². The van der Waals surface area contributed by atoms with Crippen LogP contribution in [0.25, 0.3) is 0 Å². The molecule has 1 amide bonds. The monoisotopic (exact) mass is 269 g/mol. The first-order valence-corrected chi connectivity index (χ1v) is 7.34. The lowest BCUT2D eigenvalue weighted by Crippen LogP contribution is -2.43. The van der Waals surface area contributed by atoms with Crippen LogP contribution in [0.3, 0.4) is 0 Å². The van der Waals surface area contributed by atoms with Crippen molar-refractivity contribution in [3.63, 3.8) is 0 Å². The van der Waals surface area contributed by atoms with E-state index in [0.717, 1.165) is 13.1 Å². The number of carbonyl (C=O) groups excluding carboxylic acids is 1. The van der Waals surface area contributed by atoms with Crippen molar-refractivity contribution in [1.29, 1.82) is 0 Å². The van der Waals surface area contributed by atoms with Gasteiger partial charge in [-0.05, 0) is 32.6 Å². The van der Waals surface area contributed by atoms with Gasteiger partial charge in [0.05, 0.1) is 11.5 Å². The number of carbonyl (C=O) groups is 1. The Hall–Kier alpha value is -0.680. The quantitative estimate of drug-likeness (QED) is 0.671. The van der Waals surface area contributed by atoms with Gasteiger partial charge in [0.1, 0.15) is 0 Å². The molecule has 0 bridgehead atoms. The van der Waals surface area contributed by atoms with E-state index in [1.807, 2.05) is 4.90 Å². The minimum absolute atomic E-state index is 0.273. The van der Waals surface area contributed by atoms with Crippen molar-refractivity contribution < 1.29 is 4.79 Å². The highest BCUT2D eigenvalue weighted by Gasteiger charge is 2.35. The van der Waals surface area contributed by atoms with E-state index in [0.29, 0.717) is 30.0 Å². The van der Waals surface area contributed by atoms with Crippen molar-refractivity contribution in [2.75, 3.05) is 19.6 Å². The van der Waals surface area contributed by atoms with Crippen LogP contribution in [0.4, 0.5) is 0 Å². The summed E-state index contributed by atoms with van der Waals surface area (Å²) in [6.45, 7) is 4.26. The predicted octanol–water partition coefficient (Wildman–Crippen LogP) is 1.14. The van der Waals surface area contributed by atoms with Crippen LogP contribution in [0.5, 0.6) is 0 Å². The van der Waals surface area contributed by atoms with Crippen LogP contribution in [0.1, 0.15) is 39.0 Å². The minimum atomic E-state index is 0.273. The lowest BCUT2D eigenvalue weighted by Gasteiger charge is -2.26. The van der Waals surface area contributed by atoms with Gasteiger partial charge in [-0.1, -0.05) is 12.2 Å². The number of nitrogens with zero attached hydrogens (tertiary/aromatic N) is 2. The van der Waals surface area contributed by atoms with Crippen LogP contribution in [0, 0.1) is 0 Å². The molecule has 4 nitrogen and oxygen atoms in total. The summed E-state index contributed by atoms with van der Waals surface area (Å²) in [6.07, 6.45) is 5.49. The fourth-order valence-corrected chi connectivity index (χ4v) is 2.46. The second-order valence-corrected chi connectivity index (χ2v) is 5.85. The highest BCUT2D eigenvalue weighted by molar-refractivity contribution is 7.80. The van der Waals surface area contributed by atoms with E-state index in [9.17, 15) is 4.79 Å². The Bertz CT molecular complexity index is 326. The molecule has 102 valence electrons. The number of amides is 1. The molecule has 0 heterocycles. The maximum absolute atomic E-state index is 12.3. The van der Waals surface area contributed by atoms with Crippen molar-refractivity contribution in [3.8, 4) is 0 Å². The molecule has 0 radical (unpaired) electrons. The Morgan fingerprint density at radius 3 is 2.33 bits per heavy atom. The number of likely N-dealkylation sites (N-methyl/N-ethyl adjacent to an activating group) is 1. The Morgan fingerprint density at radius 1 is 1.28 bits per heavy atom. The van der Waals surface area contributed by atoms with Gasteiger partial charge < -0.3 is 10.6 Å². The molecule has 0 unspecified atom stereocenters. The molecule has 0 aromatic heterocycles. The average molecular weight is 269 g/mol. The number of hydrogen-bond acceptors (Lipinski definition) is 3. The molecule has 0 spiro atoms.